The Hall–Kier alpha value is -1.89. The minimum Gasteiger partial charge on any atom is -0.395 e. The normalized spacial score (nSPS) is 16.1. The number of nitrogens with zero attached hydrogens (tertiary/aromatic N) is 5. The van der Waals surface area contributed by atoms with E-state index in [4.69, 9.17) is 5.11 Å². The summed E-state index contributed by atoms with van der Waals surface area (Å²) in [4.78, 5) is 11.1. The van der Waals surface area contributed by atoms with Crippen LogP contribution in [0.5, 0.6) is 0 Å². The molecule has 1 aliphatic rings. The van der Waals surface area contributed by atoms with Crippen molar-refractivity contribution in [2.75, 3.05) is 30.4 Å². The standard InChI is InChI=1S/C15H24N6O/c1-20(8-9-22)15-18-13(17-11-6-4-3-5-7-11)12-10-16-21(2)14(12)19-15/h10-11,22H,3-9H2,1-2H3,(H,17,18,19). The molecular formula is C15H24N6O. The molecule has 1 saturated carbocycles. The molecule has 0 aromatic carbocycles. The average molecular weight is 304 g/mol. The Bertz CT molecular complexity index is 634. The lowest BCUT2D eigenvalue weighted by Crippen LogP contribution is -2.26. The van der Waals surface area contributed by atoms with Gasteiger partial charge in [-0.2, -0.15) is 15.1 Å². The van der Waals surface area contributed by atoms with Gasteiger partial charge in [0.25, 0.3) is 0 Å². The van der Waals surface area contributed by atoms with Gasteiger partial charge in [0.15, 0.2) is 5.65 Å². The van der Waals surface area contributed by atoms with Crippen molar-refractivity contribution in [3.8, 4) is 0 Å². The average Bonchev–Trinajstić information content (AvgIpc) is 2.90. The highest BCUT2D eigenvalue weighted by Gasteiger charge is 2.18. The van der Waals surface area contributed by atoms with Gasteiger partial charge in [-0.05, 0) is 12.8 Å². The van der Waals surface area contributed by atoms with Crippen LogP contribution in [0.4, 0.5) is 11.8 Å². The van der Waals surface area contributed by atoms with Crippen LogP contribution in [0.2, 0.25) is 0 Å². The van der Waals surface area contributed by atoms with Gasteiger partial charge in [-0.3, -0.25) is 4.68 Å². The molecule has 2 heterocycles. The zero-order chi connectivity index (χ0) is 15.5. The predicted octanol–water partition coefficient (Wildman–Crippen LogP) is 1.54. The van der Waals surface area contributed by atoms with Gasteiger partial charge in [0.2, 0.25) is 5.95 Å². The first-order valence-corrected chi connectivity index (χ1v) is 7.97. The van der Waals surface area contributed by atoms with Crippen LogP contribution in [-0.2, 0) is 7.05 Å². The number of likely N-dealkylation sites (N-methyl/N-ethyl adjacent to an activating group) is 1. The van der Waals surface area contributed by atoms with Crippen LogP contribution in [0.25, 0.3) is 11.0 Å². The van der Waals surface area contributed by atoms with E-state index in [1.54, 1.807) is 4.68 Å². The van der Waals surface area contributed by atoms with Gasteiger partial charge < -0.3 is 15.3 Å². The summed E-state index contributed by atoms with van der Waals surface area (Å²) in [7, 11) is 3.77. The summed E-state index contributed by atoms with van der Waals surface area (Å²) in [5.41, 5.74) is 0.813. The number of aromatic nitrogens is 4. The lowest BCUT2D eigenvalue weighted by molar-refractivity contribution is 0.303. The van der Waals surface area contributed by atoms with Crippen molar-refractivity contribution in [3.63, 3.8) is 0 Å². The summed E-state index contributed by atoms with van der Waals surface area (Å²) >= 11 is 0. The maximum atomic E-state index is 9.13. The SMILES string of the molecule is CN(CCO)c1nc(NC2CCCCC2)c2cnn(C)c2n1. The molecule has 7 heteroatoms. The van der Waals surface area contributed by atoms with E-state index < -0.39 is 0 Å². The molecule has 0 aliphatic heterocycles. The van der Waals surface area contributed by atoms with Crippen LogP contribution in [0.1, 0.15) is 32.1 Å². The molecule has 3 rings (SSSR count). The van der Waals surface area contributed by atoms with Gasteiger partial charge in [-0.25, -0.2) is 0 Å². The van der Waals surface area contributed by atoms with Gasteiger partial charge in [0.05, 0.1) is 18.2 Å². The molecule has 2 N–H and O–H groups in total. The van der Waals surface area contributed by atoms with Crippen molar-refractivity contribution in [2.24, 2.45) is 7.05 Å². The van der Waals surface area contributed by atoms with Gasteiger partial charge in [-0.1, -0.05) is 19.3 Å². The summed E-state index contributed by atoms with van der Waals surface area (Å²) in [6.45, 7) is 0.584. The number of fused-ring (bicyclic) bond motifs is 1. The minimum absolute atomic E-state index is 0.0780. The maximum Gasteiger partial charge on any atom is 0.229 e. The van der Waals surface area contributed by atoms with Gasteiger partial charge >= 0.3 is 0 Å². The summed E-state index contributed by atoms with van der Waals surface area (Å²) in [6, 6.07) is 0.475. The Morgan fingerprint density at radius 3 is 2.82 bits per heavy atom. The van der Waals surface area contributed by atoms with Crippen molar-refractivity contribution in [1.29, 1.82) is 0 Å². The number of nitrogens with one attached hydrogen (secondary N) is 1. The number of anilines is 2. The highest BCUT2D eigenvalue weighted by Crippen LogP contribution is 2.26. The van der Waals surface area contributed by atoms with E-state index in [0.717, 1.165) is 16.9 Å². The molecule has 1 aliphatic carbocycles. The number of aliphatic hydroxyl groups is 1. The van der Waals surface area contributed by atoms with Gasteiger partial charge in [0, 0.05) is 26.7 Å². The van der Waals surface area contributed by atoms with Gasteiger partial charge in [-0.15, -0.1) is 0 Å². The first-order valence-electron chi connectivity index (χ1n) is 7.97. The molecule has 0 unspecified atom stereocenters. The molecule has 120 valence electrons. The highest BCUT2D eigenvalue weighted by atomic mass is 16.3. The van der Waals surface area contributed by atoms with E-state index >= 15 is 0 Å². The molecule has 22 heavy (non-hydrogen) atoms. The van der Waals surface area contributed by atoms with Gasteiger partial charge in [0.1, 0.15) is 5.82 Å². The molecule has 0 saturated heterocycles. The molecule has 2 aromatic heterocycles. The Morgan fingerprint density at radius 2 is 2.09 bits per heavy atom. The number of hydrogen-bond acceptors (Lipinski definition) is 6. The van der Waals surface area contributed by atoms with Crippen molar-refractivity contribution in [2.45, 2.75) is 38.1 Å². The predicted molar refractivity (Wildman–Crippen MR) is 87.2 cm³/mol. The van der Waals surface area contributed by atoms with Crippen LogP contribution in [-0.4, -0.2) is 51.1 Å². The third-order valence-corrected chi connectivity index (χ3v) is 4.30. The van der Waals surface area contributed by atoms with Crippen molar-refractivity contribution >= 4 is 22.8 Å². The summed E-state index contributed by atoms with van der Waals surface area (Å²) in [5.74, 6) is 1.47. The third-order valence-electron chi connectivity index (χ3n) is 4.30. The van der Waals surface area contributed by atoms with Crippen LogP contribution < -0.4 is 10.2 Å². The number of aliphatic hydroxyl groups excluding tert-OH is 1. The number of rotatable bonds is 5. The van der Waals surface area contributed by atoms with E-state index in [1.165, 1.54) is 32.1 Å². The summed E-state index contributed by atoms with van der Waals surface area (Å²) in [6.07, 6.45) is 8.07. The largest absolute Gasteiger partial charge is 0.395 e. The molecule has 7 nitrogen and oxygen atoms in total. The molecule has 0 spiro atoms. The summed E-state index contributed by atoms with van der Waals surface area (Å²) in [5, 5.41) is 18.0. The quantitative estimate of drug-likeness (QED) is 0.872. The Morgan fingerprint density at radius 1 is 1.32 bits per heavy atom. The van der Waals surface area contributed by atoms with E-state index in [9.17, 15) is 0 Å². The molecule has 1 fully saturated rings. The summed E-state index contributed by atoms with van der Waals surface area (Å²) < 4.78 is 1.76. The lowest BCUT2D eigenvalue weighted by atomic mass is 9.95. The van der Waals surface area contributed by atoms with Crippen LogP contribution in [0.3, 0.4) is 0 Å². The molecule has 0 radical (unpaired) electrons. The molecule has 0 amide bonds. The topological polar surface area (TPSA) is 79.1 Å². The maximum absolute atomic E-state index is 9.13. The first kappa shape index (κ1) is 15.0. The zero-order valence-corrected chi connectivity index (χ0v) is 13.3. The van der Waals surface area contributed by atoms with Crippen molar-refractivity contribution in [1.82, 2.24) is 19.7 Å². The van der Waals surface area contributed by atoms with Crippen LogP contribution in [0.15, 0.2) is 6.20 Å². The van der Waals surface area contributed by atoms with Crippen molar-refractivity contribution in [3.05, 3.63) is 6.20 Å². The Balaban J connectivity index is 1.95. The third kappa shape index (κ3) is 2.99. The fraction of sp³-hybridized carbons (Fsp3) is 0.667. The Labute approximate surface area is 130 Å². The smallest absolute Gasteiger partial charge is 0.229 e. The second kappa shape index (κ2) is 6.48. The highest BCUT2D eigenvalue weighted by molar-refractivity contribution is 5.87. The first-order chi connectivity index (χ1) is 10.7. The zero-order valence-electron chi connectivity index (χ0n) is 13.3. The fourth-order valence-electron chi connectivity index (χ4n) is 2.98. The minimum atomic E-state index is 0.0780. The van der Waals surface area contributed by atoms with Crippen LogP contribution >= 0.6 is 0 Å². The molecule has 0 atom stereocenters. The number of aryl methyl sites for hydroxylation is 1. The lowest BCUT2D eigenvalue weighted by Gasteiger charge is -2.24. The number of hydrogen-bond donors (Lipinski definition) is 2. The molecular weight excluding hydrogens is 280 g/mol. The monoisotopic (exact) mass is 304 g/mol. The van der Waals surface area contributed by atoms with E-state index in [2.05, 4.69) is 20.4 Å². The second-order valence-corrected chi connectivity index (χ2v) is 6.00. The fourth-order valence-corrected chi connectivity index (χ4v) is 2.98. The van der Waals surface area contributed by atoms with E-state index in [-0.39, 0.29) is 6.61 Å². The molecule has 0 bridgehead atoms. The van der Waals surface area contributed by atoms with Crippen molar-refractivity contribution < 1.29 is 5.11 Å². The Kier molecular flexibility index (Phi) is 4.42. The van der Waals surface area contributed by atoms with E-state index in [0.29, 0.717) is 18.5 Å². The second-order valence-electron chi connectivity index (χ2n) is 6.00. The molecule has 2 aromatic rings. The van der Waals surface area contributed by atoms with E-state index in [1.807, 2.05) is 25.2 Å². The van der Waals surface area contributed by atoms with Crippen LogP contribution in [0, 0.1) is 0 Å².